The van der Waals surface area contributed by atoms with Crippen molar-refractivity contribution in [3.8, 4) is 17.6 Å². The molecule has 0 bridgehead atoms. The molecule has 3 aromatic carbocycles. The molecule has 208 valence electrons. The average Bonchev–Trinajstić information content (AvgIpc) is 3.42. The predicted octanol–water partition coefficient (Wildman–Crippen LogP) is 4.40. The van der Waals surface area contributed by atoms with Crippen LogP contribution in [0.1, 0.15) is 30.4 Å². The SMILES string of the molecule is N#CC1CCCN1C(=O)C[C@@H](Cc1cc(F)c(F)cc1F)NC(=O)C(N)Cc1ccc(Oc2ccccc2)cc1. The monoisotopic (exact) mass is 550 g/mol. The summed E-state index contributed by atoms with van der Waals surface area (Å²) < 4.78 is 47.5. The quantitative estimate of drug-likeness (QED) is 0.364. The number of carbonyl (C=O) groups excluding carboxylic acids is 2. The number of likely N-dealkylation sites (tertiary alicyclic amines) is 1. The summed E-state index contributed by atoms with van der Waals surface area (Å²) >= 11 is 0. The maximum absolute atomic E-state index is 14.4. The molecule has 0 saturated carbocycles. The lowest BCUT2D eigenvalue weighted by atomic mass is 10.00. The van der Waals surface area contributed by atoms with Crippen molar-refractivity contribution >= 4 is 11.8 Å². The number of halogens is 3. The molecule has 1 fully saturated rings. The molecular weight excluding hydrogens is 521 g/mol. The zero-order valence-electron chi connectivity index (χ0n) is 21.7. The zero-order chi connectivity index (χ0) is 28.6. The van der Waals surface area contributed by atoms with Gasteiger partial charge in [0.15, 0.2) is 11.6 Å². The number of nitriles is 1. The molecule has 3 N–H and O–H groups in total. The van der Waals surface area contributed by atoms with Gasteiger partial charge in [0, 0.05) is 25.1 Å². The van der Waals surface area contributed by atoms with Crippen molar-refractivity contribution in [1.29, 1.82) is 5.26 Å². The third kappa shape index (κ3) is 7.39. The summed E-state index contributed by atoms with van der Waals surface area (Å²) in [4.78, 5) is 27.4. The number of hydrogen-bond donors (Lipinski definition) is 2. The Bertz CT molecular complexity index is 1380. The van der Waals surface area contributed by atoms with Gasteiger partial charge in [-0.15, -0.1) is 0 Å². The van der Waals surface area contributed by atoms with Crippen molar-refractivity contribution in [2.24, 2.45) is 5.73 Å². The van der Waals surface area contributed by atoms with Crippen molar-refractivity contribution in [3.63, 3.8) is 0 Å². The van der Waals surface area contributed by atoms with Crippen molar-refractivity contribution in [1.82, 2.24) is 10.2 Å². The van der Waals surface area contributed by atoms with E-state index in [1.807, 2.05) is 30.3 Å². The molecule has 4 rings (SSSR count). The Hall–Kier alpha value is -4.36. The molecule has 3 aromatic rings. The molecule has 1 saturated heterocycles. The summed E-state index contributed by atoms with van der Waals surface area (Å²) in [6, 6.07) is 17.0. The number of amides is 2. The van der Waals surface area contributed by atoms with Crippen molar-refractivity contribution < 1.29 is 27.5 Å². The first kappa shape index (κ1) is 28.6. The van der Waals surface area contributed by atoms with Gasteiger partial charge in [-0.05, 0) is 67.1 Å². The van der Waals surface area contributed by atoms with Crippen LogP contribution in [0.4, 0.5) is 13.2 Å². The predicted molar refractivity (Wildman–Crippen MR) is 142 cm³/mol. The van der Waals surface area contributed by atoms with Crippen molar-refractivity contribution in [2.75, 3.05) is 6.54 Å². The van der Waals surface area contributed by atoms with Gasteiger partial charge in [-0.2, -0.15) is 5.26 Å². The smallest absolute Gasteiger partial charge is 0.237 e. The van der Waals surface area contributed by atoms with Gasteiger partial charge in [0.05, 0.1) is 12.1 Å². The minimum absolute atomic E-state index is 0.167. The van der Waals surface area contributed by atoms with E-state index in [2.05, 4.69) is 11.4 Å². The van der Waals surface area contributed by atoms with E-state index in [0.29, 0.717) is 43.0 Å². The summed E-state index contributed by atoms with van der Waals surface area (Å²) in [6.45, 7) is 0.390. The lowest BCUT2D eigenvalue weighted by Gasteiger charge is -2.25. The van der Waals surface area contributed by atoms with Gasteiger partial charge in [-0.25, -0.2) is 13.2 Å². The highest BCUT2D eigenvalue weighted by atomic mass is 19.2. The molecule has 1 aliphatic rings. The minimum atomic E-state index is -1.34. The van der Waals surface area contributed by atoms with Gasteiger partial charge in [-0.1, -0.05) is 30.3 Å². The molecule has 0 radical (unpaired) electrons. The first-order valence-electron chi connectivity index (χ1n) is 12.9. The van der Waals surface area contributed by atoms with E-state index in [1.54, 1.807) is 24.3 Å². The van der Waals surface area contributed by atoms with E-state index in [0.717, 1.165) is 5.56 Å². The number of carbonyl (C=O) groups is 2. The minimum Gasteiger partial charge on any atom is -0.457 e. The third-order valence-electron chi connectivity index (χ3n) is 6.74. The number of rotatable bonds is 10. The van der Waals surface area contributed by atoms with Crippen LogP contribution < -0.4 is 15.8 Å². The van der Waals surface area contributed by atoms with Crippen LogP contribution >= 0.6 is 0 Å². The largest absolute Gasteiger partial charge is 0.457 e. The standard InChI is InChI=1S/C30H29F3N4O3/c31-25-17-27(33)26(32)15-20(25)14-21(16-29(38)37-12-4-5-22(37)18-34)36-30(39)28(35)13-19-8-10-24(11-9-19)40-23-6-2-1-3-7-23/h1-3,6-11,15,17,21-22,28H,4-5,12-14,16,35H2,(H,36,39)/t21-,22?,28?/m1/s1. The molecule has 10 heteroatoms. The summed E-state index contributed by atoms with van der Waals surface area (Å²) in [7, 11) is 0. The first-order chi connectivity index (χ1) is 19.2. The summed E-state index contributed by atoms with van der Waals surface area (Å²) in [5, 5.41) is 12.0. The Balaban J connectivity index is 1.43. The van der Waals surface area contributed by atoms with Gasteiger partial charge >= 0.3 is 0 Å². The summed E-state index contributed by atoms with van der Waals surface area (Å²) in [5.41, 5.74) is 6.72. The number of nitrogens with two attached hydrogens (primary N) is 1. The lowest BCUT2D eigenvalue weighted by molar-refractivity contribution is -0.132. The average molecular weight is 551 g/mol. The maximum atomic E-state index is 14.4. The molecule has 0 spiro atoms. The van der Waals surface area contributed by atoms with Crippen LogP contribution in [-0.2, 0) is 22.4 Å². The summed E-state index contributed by atoms with van der Waals surface area (Å²) in [6.07, 6.45) is 0.834. The van der Waals surface area contributed by atoms with Crippen molar-refractivity contribution in [3.05, 3.63) is 95.3 Å². The van der Waals surface area contributed by atoms with E-state index in [-0.39, 0.29) is 24.8 Å². The number of nitrogens with zero attached hydrogens (tertiary/aromatic N) is 2. The van der Waals surface area contributed by atoms with E-state index in [9.17, 15) is 28.0 Å². The molecule has 0 aromatic heterocycles. The van der Waals surface area contributed by atoms with Crippen LogP contribution in [-0.4, -0.2) is 41.4 Å². The number of nitrogens with one attached hydrogen (secondary N) is 1. The molecule has 2 amide bonds. The molecular formula is C30H29F3N4O3. The number of hydrogen-bond acceptors (Lipinski definition) is 5. The Morgan fingerprint density at radius 2 is 1.68 bits per heavy atom. The third-order valence-corrected chi connectivity index (χ3v) is 6.74. The topological polar surface area (TPSA) is 108 Å². The van der Waals surface area contributed by atoms with Crippen LogP contribution in [0, 0.1) is 28.8 Å². The molecule has 2 unspecified atom stereocenters. The van der Waals surface area contributed by atoms with Gasteiger partial charge in [0.2, 0.25) is 11.8 Å². The fraction of sp³-hybridized carbons (Fsp3) is 0.300. The Morgan fingerprint density at radius 1 is 1.00 bits per heavy atom. The molecule has 7 nitrogen and oxygen atoms in total. The second kappa shape index (κ2) is 13.1. The Labute approximate surface area is 230 Å². The van der Waals surface area contributed by atoms with E-state index >= 15 is 0 Å². The second-order valence-corrected chi connectivity index (χ2v) is 9.72. The number of ether oxygens (including phenoxy) is 1. The van der Waals surface area contributed by atoms with Gasteiger partial charge in [0.25, 0.3) is 0 Å². The van der Waals surface area contributed by atoms with Crippen LogP contribution in [0.25, 0.3) is 0 Å². The zero-order valence-corrected chi connectivity index (χ0v) is 21.7. The Kier molecular flexibility index (Phi) is 9.40. The number of para-hydroxylation sites is 1. The number of benzene rings is 3. The fourth-order valence-electron chi connectivity index (χ4n) is 4.66. The highest BCUT2D eigenvalue weighted by Gasteiger charge is 2.31. The Morgan fingerprint density at radius 3 is 2.38 bits per heavy atom. The van der Waals surface area contributed by atoms with Crippen LogP contribution in [0.3, 0.4) is 0 Å². The molecule has 1 heterocycles. The fourth-order valence-corrected chi connectivity index (χ4v) is 4.66. The normalized spacial score (nSPS) is 16.2. The summed E-state index contributed by atoms with van der Waals surface area (Å²) in [5.74, 6) is -3.29. The first-order valence-corrected chi connectivity index (χ1v) is 12.9. The van der Waals surface area contributed by atoms with Crippen LogP contribution in [0.2, 0.25) is 0 Å². The highest BCUT2D eigenvalue weighted by molar-refractivity contribution is 5.83. The molecule has 1 aliphatic heterocycles. The second-order valence-electron chi connectivity index (χ2n) is 9.72. The van der Waals surface area contributed by atoms with Gasteiger partial charge in [-0.3, -0.25) is 9.59 Å². The van der Waals surface area contributed by atoms with Gasteiger partial charge < -0.3 is 20.7 Å². The van der Waals surface area contributed by atoms with Crippen LogP contribution in [0.15, 0.2) is 66.7 Å². The highest BCUT2D eigenvalue weighted by Crippen LogP contribution is 2.23. The van der Waals surface area contributed by atoms with Gasteiger partial charge in [0.1, 0.15) is 23.4 Å². The maximum Gasteiger partial charge on any atom is 0.237 e. The van der Waals surface area contributed by atoms with Crippen molar-refractivity contribution in [2.45, 2.75) is 50.2 Å². The molecule has 40 heavy (non-hydrogen) atoms. The van der Waals surface area contributed by atoms with E-state index < -0.39 is 47.4 Å². The molecule has 0 aliphatic carbocycles. The molecule has 3 atom stereocenters. The van der Waals surface area contributed by atoms with E-state index in [1.165, 1.54) is 4.90 Å². The lowest BCUT2D eigenvalue weighted by Crippen LogP contribution is -2.49. The van der Waals surface area contributed by atoms with Crippen LogP contribution in [0.5, 0.6) is 11.5 Å². The van der Waals surface area contributed by atoms with E-state index in [4.69, 9.17) is 10.5 Å².